The smallest absolute Gasteiger partial charge is 0.133 e. The molecule has 14 heavy (non-hydrogen) atoms. The molecule has 0 fully saturated rings. The van der Waals surface area contributed by atoms with Gasteiger partial charge in [0.1, 0.15) is 5.58 Å². The number of fused-ring (bicyclic) bond motifs is 1. The lowest BCUT2D eigenvalue weighted by Gasteiger charge is -1.81. The van der Waals surface area contributed by atoms with Gasteiger partial charge >= 0.3 is 0 Å². The number of para-hydroxylation sites is 1. The average molecular weight is 188 g/mol. The van der Waals surface area contributed by atoms with E-state index in [4.69, 9.17) is 9.15 Å². The first-order valence-electron chi connectivity index (χ1n) is 4.66. The zero-order chi connectivity index (χ0) is 9.64. The highest BCUT2D eigenvalue weighted by molar-refractivity contribution is 5.76. The van der Waals surface area contributed by atoms with Crippen molar-refractivity contribution in [1.29, 1.82) is 0 Å². The lowest BCUT2D eigenvalue weighted by Crippen LogP contribution is -1.70. The van der Waals surface area contributed by atoms with Gasteiger partial charge in [-0.1, -0.05) is 18.2 Å². The minimum Gasteiger partial charge on any atom is -0.501 e. The molecule has 0 radical (unpaired) electrons. The number of hydrogen-bond acceptors (Lipinski definition) is 2. The maximum Gasteiger partial charge on any atom is 0.133 e. The molecule has 2 heteroatoms. The standard InChI is InChI=1S/C8H6O.C4H6O/c1-2-4-8-7(3-1)5-6-9-8;1-2-4-5-3-1/h1-6H;1,3H,2,4H2. The van der Waals surface area contributed by atoms with Gasteiger partial charge in [-0.15, -0.1) is 0 Å². The Morgan fingerprint density at radius 1 is 1.07 bits per heavy atom. The van der Waals surface area contributed by atoms with Crippen molar-refractivity contribution in [2.24, 2.45) is 0 Å². The third kappa shape index (κ3) is 2.16. The van der Waals surface area contributed by atoms with Crippen molar-refractivity contribution in [1.82, 2.24) is 0 Å². The van der Waals surface area contributed by atoms with E-state index in [-0.39, 0.29) is 0 Å². The van der Waals surface area contributed by atoms with Gasteiger partial charge in [-0.25, -0.2) is 0 Å². The lowest BCUT2D eigenvalue weighted by molar-refractivity contribution is 0.281. The predicted octanol–water partition coefficient (Wildman–Crippen LogP) is 3.35. The van der Waals surface area contributed by atoms with E-state index in [2.05, 4.69) is 0 Å². The zero-order valence-corrected chi connectivity index (χ0v) is 7.85. The number of hydrogen-bond donors (Lipinski definition) is 0. The summed E-state index contributed by atoms with van der Waals surface area (Å²) in [6.07, 6.45) is 6.55. The second kappa shape index (κ2) is 4.51. The quantitative estimate of drug-likeness (QED) is 0.632. The van der Waals surface area contributed by atoms with Crippen molar-refractivity contribution >= 4 is 11.0 Å². The molecule has 0 spiro atoms. The molecule has 1 aromatic carbocycles. The Hall–Kier alpha value is -1.70. The molecule has 0 unspecified atom stereocenters. The van der Waals surface area contributed by atoms with Crippen molar-refractivity contribution in [2.45, 2.75) is 6.42 Å². The van der Waals surface area contributed by atoms with Gasteiger partial charge in [-0.05, 0) is 18.2 Å². The Morgan fingerprint density at radius 2 is 2.00 bits per heavy atom. The topological polar surface area (TPSA) is 22.4 Å². The summed E-state index contributed by atoms with van der Waals surface area (Å²) >= 11 is 0. The fourth-order valence-electron chi connectivity index (χ4n) is 1.25. The lowest BCUT2D eigenvalue weighted by atomic mass is 10.3. The van der Waals surface area contributed by atoms with Crippen LogP contribution in [-0.2, 0) is 4.74 Å². The molecule has 1 aliphatic rings. The Kier molecular flexibility index (Phi) is 2.86. The van der Waals surface area contributed by atoms with E-state index in [0.717, 1.165) is 24.0 Å². The summed E-state index contributed by atoms with van der Waals surface area (Å²) in [5.74, 6) is 0. The van der Waals surface area contributed by atoms with Crippen molar-refractivity contribution in [2.75, 3.05) is 6.61 Å². The highest BCUT2D eigenvalue weighted by Gasteiger charge is 1.89. The van der Waals surface area contributed by atoms with Crippen LogP contribution in [0, 0.1) is 0 Å². The molecular weight excluding hydrogens is 176 g/mol. The van der Waals surface area contributed by atoms with Crippen LogP contribution in [0.5, 0.6) is 0 Å². The molecule has 0 saturated carbocycles. The zero-order valence-electron chi connectivity index (χ0n) is 7.85. The Morgan fingerprint density at radius 3 is 2.64 bits per heavy atom. The average Bonchev–Trinajstić information content (AvgIpc) is 2.92. The largest absolute Gasteiger partial charge is 0.501 e. The fraction of sp³-hybridized carbons (Fsp3) is 0.167. The molecule has 2 nitrogen and oxygen atoms in total. The predicted molar refractivity (Wildman–Crippen MR) is 55.9 cm³/mol. The second-order valence-electron chi connectivity index (χ2n) is 2.99. The molecule has 3 rings (SSSR count). The van der Waals surface area contributed by atoms with Crippen molar-refractivity contribution in [3.63, 3.8) is 0 Å². The van der Waals surface area contributed by atoms with E-state index in [1.165, 1.54) is 0 Å². The second-order valence-corrected chi connectivity index (χ2v) is 2.99. The summed E-state index contributed by atoms with van der Waals surface area (Å²) in [6.45, 7) is 0.889. The fourth-order valence-corrected chi connectivity index (χ4v) is 1.25. The number of furan rings is 1. The van der Waals surface area contributed by atoms with E-state index in [1.807, 2.05) is 36.4 Å². The van der Waals surface area contributed by atoms with E-state index in [1.54, 1.807) is 12.5 Å². The van der Waals surface area contributed by atoms with E-state index in [9.17, 15) is 0 Å². The van der Waals surface area contributed by atoms with Crippen LogP contribution in [0.3, 0.4) is 0 Å². The van der Waals surface area contributed by atoms with E-state index in [0.29, 0.717) is 0 Å². The van der Waals surface area contributed by atoms with Crippen LogP contribution in [-0.4, -0.2) is 6.61 Å². The van der Waals surface area contributed by atoms with Crippen LogP contribution < -0.4 is 0 Å². The van der Waals surface area contributed by atoms with E-state index < -0.39 is 0 Å². The van der Waals surface area contributed by atoms with Crippen LogP contribution in [0.25, 0.3) is 11.0 Å². The first-order valence-corrected chi connectivity index (χ1v) is 4.66. The molecule has 0 amide bonds. The van der Waals surface area contributed by atoms with Gasteiger partial charge in [0.2, 0.25) is 0 Å². The van der Waals surface area contributed by atoms with Crippen LogP contribution in [0.2, 0.25) is 0 Å². The summed E-state index contributed by atoms with van der Waals surface area (Å²) in [4.78, 5) is 0. The van der Waals surface area contributed by atoms with Crippen LogP contribution in [0.15, 0.2) is 53.4 Å². The molecule has 1 aromatic heterocycles. The maximum absolute atomic E-state index is 5.12. The highest BCUT2D eigenvalue weighted by Crippen LogP contribution is 2.12. The minimum atomic E-state index is 0.889. The summed E-state index contributed by atoms with van der Waals surface area (Å²) in [6, 6.07) is 9.90. The number of benzene rings is 1. The molecule has 0 N–H and O–H groups in total. The number of ether oxygens (including phenoxy) is 1. The summed E-state index contributed by atoms with van der Waals surface area (Å²) in [5, 5.41) is 1.16. The third-order valence-electron chi connectivity index (χ3n) is 1.96. The van der Waals surface area contributed by atoms with Gasteiger partial charge in [0.25, 0.3) is 0 Å². The normalized spacial score (nSPS) is 13.4. The maximum atomic E-state index is 5.12. The Balaban J connectivity index is 0.000000128. The highest BCUT2D eigenvalue weighted by atomic mass is 16.5. The minimum absolute atomic E-state index is 0.889. The van der Waals surface area contributed by atoms with Crippen LogP contribution in [0.4, 0.5) is 0 Å². The summed E-state index contributed by atoms with van der Waals surface area (Å²) < 4.78 is 9.88. The van der Waals surface area contributed by atoms with Gasteiger partial charge in [-0.3, -0.25) is 0 Å². The molecule has 0 atom stereocenters. The Labute approximate surface area is 82.8 Å². The van der Waals surface area contributed by atoms with Crippen LogP contribution in [0.1, 0.15) is 6.42 Å². The molecule has 2 aromatic rings. The van der Waals surface area contributed by atoms with Gasteiger partial charge < -0.3 is 9.15 Å². The monoisotopic (exact) mass is 188 g/mol. The van der Waals surface area contributed by atoms with Gasteiger partial charge in [-0.2, -0.15) is 0 Å². The van der Waals surface area contributed by atoms with Gasteiger partial charge in [0.15, 0.2) is 0 Å². The molecule has 2 heterocycles. The van der Waals surface area contributed by atoms with Crippen molar-refractivity contribution in [3.05, 3.63) is 48.9 Å². The molecule has 0 aliphatic carbocycles. The number of rotatable bonds is 0. The molecule has 0 saturated heterocycles. The first-order chi connectivity index (χ1) is 6.97. The molecule has 1 aliphatic heterocycles. The first kappa shape index (κ1) is 8.88. The van der Waals surface area contributed by atoms with Crippen LogP contribution >= 0.6 is 0 Å². The SMILES string of the molecule is C1=COCC1.c1ccc2occc2c1. The molecule has 0 bridgehead atoms. The van der Waals surface area contributed by atoms with Crippen molar-refractivity contribution < 1.29 is 9.15 Å². The van der Waals surface area contributed by atoms with Crippen molar-refractivity contribution in [3.8, 4) is 0 Å². The summed E-state index contributed by atoms with van der Waals surface area (Å²) in [7, 11) is 0. The van der Waals surface area contributed by atoms with E-state index >= 15 is 0 Å². The Bertz CT molecular complexity index is 379. The van der Waals surface area contributed by atoms with Gasteiger partial charge in [0, 0.05) is 11.8 Å². The summed E-state index contributed by atoms with van der Waals surface area (Å²) in [5.41, 5.74) is 0.956. The molecular formula is C12H12O2. The molecule has 72 valence electrons. The van der Waals surface area contributed by atoms with Gasteiger partial charge in [0.05, 0.1) is 19.1 Å². The third-order valence-corrected chi connectivity index (χ3v) is 1.96.